The lowest BCUT2D eigenvalue weighted by Gasteiger charge is -2.13. The molecule has 5 heteroatoms. The summed E-state index contributed by atoms with van der Waals surface area (Å²) in [5, 5.41) is 19.1. The predicted octanol–water partition coefficient (Wildman–Crippen LogP) is 1.69. The summed E-state index contributed by atoms with van der Waals surface area (Å²) < 4.78 is 17.9. The van der Waals surface area contributed by atoms with Gasteiger partial charge in [-0.2, -0.15) is 0 Å². The van der Waals surface area contributed by atoms with E-state index in [1.807, 2.05) is 0 Å². The molecule has 0 radical (unpaired) electrons. The van der Waals surface area contributed by atoms with E-state index >= 15 is 0 Å². The predicted molar refractivity (Wildman–Crippen MR) is 59.0 cm³/mol. The minimum atomic E-state index is -1.67. The number of hydrogen-bond acceptors (Lipinski definition) is 4. The molecule has 0 aliphatic heterocycles. The molecule has 0 aromatic heterocycles. The number of esters is 1. The highest BCUT2D eigenvalue weighted by Crippen LogP contribution is 2.29. The van der Waals surface area contributed by atoms with Crippen LogP contribution in [0.1, 0.15) is 31.1 Å². The third-order valence-electron chi connectivity index (χ3n) is 2.37. The molecule has 94 valence electrons. The van der Waals surface area contributed by atoms with Gasteiger partial charge in [-0.3, -0.25) is 0 Å². The molecule has 0 fully saturated rings. The zero-order valence-corrected chi connectivity index (χ0v) is 9.74. The number of carbonyl (C=O) groups excluding carboxylic acids is 1. The third kappa shape index (κ3) is 2.94. The highest BCUT2D eigenvalue weighted by Gasteiger charge is 2.24. The van der Waals surface area contributed by atoms with E-state index in [4.69, 9.17) is 0 Å². The molecule has 1 rings (SSSR count). The zero-order chi connectivity index (χ0) is 13.0. The maximum atomic E-state index is 13.3. The molecule has 0 saturated carbocycles. The number of benzene rings is 1. The van der Waals surface area contributed by atoms with Crippen LogP contribution in [-0.2, 0) is 16.0 Å². The van der Waals surface area contributed by atoms with Crippen LogP contribution < -0.4 is 0 Å². The van der Waals surface area contributed by atoms with Gasteiger partial charge in [-0.1, -0.05) is 6.92 Å². The number of carbonyl (C=O) groups is 1. The van der Waals surface area contributed by atoms with Crippen molar-refractivity contribution in [1.82, 2.24) is 0 Å². The van der Waals surface area contributed by atoms with Crippen molar-refractivity contribution < 1.29 is 24.1 Å². The van der Waals surface area contributed by atoms with Crippen molar-refractivity contribution in [1.29, 1.82) is 0 Å². The number of aryl methyl sites for hydroxylation is 1. The van der Waals surface area contributed by atoms with E-state index in [-0.39, 0.29) is 12.2 Å². The smallest absolute Gasteiger partial charge is 0.339 e. The molecule has 0 spiro atoms. The van der Waals surface area contributed by atoms with Gasteiger partial charge in [0.2, 0.25) is 0 Å². The number of aliphatic hydroxyl groups is 1. The Labute approximate surface area is 98.7 Å². The van der Waals surface area contributed by atoms with E-state index < -0.39 is 23.6 Å². The number of rotatable bonds is 4. The lowest BCUT2D eigenvalue weighted by Crippen LogP contribution is -2.16. The number of phenols is 1. The van der Waals surface area contributed by atoms with Gasteiger partial charge in [0.25, 0.3) is 0 Å². The minimum absolute atomic E-state index is 0.104. The molecular formula is C12H15FO4. The Hall–Kier alpha value is -1.62. The Balaban J connectivity index is 3.11. The maximum absolute atomic E-state index is 13.3. The average molecular weight is 242 g/mol. The number of halogens is 1. The molecule has 1 aromatic rings. The molecule has 0 bridgehead atoms. The van der Waals surface area contributed by atoms with Gasteiger partial charge in [-0.15, -0.1) is 0 Å². The summed E-state index contributed by atoms with van der Waals surface area (Å²) in [5.74, 6) is -2.49. The number of phenolic OH excluding ortho intramolecular Hbond substituents is 1. The van der Waals surface area contributed by atoms with Crippen LogP contribution in [-0.4, -0.2) is 22.8 Å². The van der Waals surface area contributed by atoms with Crippen molar-refractivity contribution in [3.63, 3.8) is 0 Å². The topological polar surface area (TPSA) is 66.8 Å². The van der Waals surface area contributed by atoms with Crippen molar-refractivity contribution in [2.24, 2.45) is 0 Å². The van der Waals surface area contributed by atoms with Crippen LogP contribution in [0.4, 0.5) is 4.39 Å². The van der Waals surface area contributed by atoms with Gasteiger partial charge in [0.15, 0.2) is 17.7 Å². The molecule has 1 aromatic carbocycles. The number of aromatic hydroxyl groups is 1. The average Bonchev–Trinajstić information content (AvgIpc) is 2.31. The van der Waals surface area contributed by atoms with Gasteiger partial charge in [0.1, 0.15) is 0 Å². The van der Waals surface area contributed by atoms with E-state index in [0.717, 1.165) is 6.07 Å². The van der Waals surface area contributed by atoms with Gasteiger partial charge in [0.05, 0.1) is 6.61 Å². The first kappa shape index (κ1) is 13.4. The third-order valence-corrected chi connectivity index (χ3v) is 2.37. The fraction of sp³-hybridized carbons (Fsp3) is 0.417. The van der Waals surface area contributed by atoms with Crippen molar-refractivity contribution >= 4 is 5.97 Å². The van der Waals surface area contributed by atoms with E-state index in [1.165, 1.54) is 6.07 Å². The molecule has 1 atom stereocenters. The lowest BCUT2D eigenvalue weighted by atomic mass is 10.0. The quantitative estimate of drug-likeness (QED) is 0.788. The van der Waals surface area contributed by atoms with Gasteiger partial charge >= 0.3 is 5.97 Å². The van der Waals surface area contributed by atoms with Crippen molar-refractivity contribution in [3.8, 4) is 5.75 Å². The Kier molecular flexibility index (Phi) is 4.45. The fourth-order valence-corrected chi connectivity index (χ4v) is 1.44. The molecular weight excluding hydrogens is 227 g/mol. The number of ether oxygens (including phenoxy) is 1. The molecule has 0 aliphatic carbocycles. The van der Waals surface area contributed by atoms with Crippen molar-refractivity contribution in [3.05, 3.63) is 29.1 Å². The highest BCUT2D eigenvalue weighted by molar-refractivity contribution is 5.77. The van der Waals surface area contributed by atoms with Crippen LogP contribution in [0.25, 0.3) is 0 Å². The normalized spacial score (nSPS) is 12.2. The molecule has 4 nitrogen and oxygen atoms in total. The fourth-order valence-electron chi connectivity index (χ4n) is 1.44. The molecule has 0 amide bonds. The van der Waals surface area contributed by atoms with Crippen LogP contribution in [0.3, 0.4) is 0 Å². The first-order valence-corrected chi connectivity index (χ1v) is 5.37. The first-order chi connectivity index (χ1) is 8.01. The van der Waals surface area contributed by atoms with Crippen molar-refractivity contribution in [2.45, 2.75) is 26.4 Å². The maximum Gasteiger partial charge on any atom is 0.339 e. The molecule has 2 N–H and O–H groups in total. The lowest BCUT2D eigenvalue weighted by molar-refractivity contribution is -0.153. The van der Waals surface area contributed by atoms with Gasteiger partial charge in [-0.25, -0.2) is 9.18 Å². The second-order valence-electron chi connectivity index (χ2n) is 3.52. The zero-order valence-electron chi connectivity index (χ0n) is 9.74. The SMILES string of the molecule is CCOC(=O)C(O)c1cc(CC)cc(F)c1O. The second-order valence-corrected chi connectivity index (χ2v) is 3.52. The Bertz CT molecular complexity index is 417. The largest absolute Gasteiger partial charge is 0.505 e. The summed E-state index contributed by atoms with van der Waals surface area (Å²) in [4.78, 5) is 11.3. The van der Waals surface area contributed by atoms with Gasteiger partial charge < -0.3 is 14.9 Å². The monoisotopic (exact) mass is 242 g/mol. The van der Waals surface area contributed by atoms with Crippen LogP contribution >= 0.6 is 0 Å². The van der Waals surface area contributed by atoms with Crippen LogP contribution in [0, 0.1) is 5.82 Å². The van der Waals surface area contributed by atoms with E-state index in [9.17, 15) is 19.4 Å². The second kappa shape index (κ2) is 5.63. The molecule has 0 saturated heterocycles. The summed E-state index contributed by atoms with van der Waals surface area (Å²) in [6.45, 7) is 3.49. The Morgan fingerprint density at radius 1 is 1.47 bits per heavy atom. The van der Waals surface area contributed by atoms with Crippen LogP contribution in [0.15, 0.2) is 12.1 Å². The van der Waals surface area contributed by atoms with Gasteiger partial charge in [0, 0.05) is 5.56 Å². The van der Waals surface area contributed by atoms with Crippen LogP contribution in [0.2, 0.25) is 0 Å². The summed E-state index contributed by atoms with van der Waals surface area (Å²) >= 11 is 0. The highest BCUT2D eigenvalue weighted by atomic mass is 19.1. The number of hydrogen-bond donors (Lipinski definition) is 2. The van der Waals surface area contributed by atoms with Crippen LogP contribution in [0.5, 0.6) is 5.75 Å². The molecule has 1 unspecified atom stereocenters. The summed E-state index contributed by atoms with van der Waals surface area (Å²) in [6.07, 6.45) is -1.14. The Morgan fingerprint density at radius 2 is 2.12 bits per heavy atom. The van der Waals surface area contributed by atoms with E-state index in [0.29, 0.717) is 12.0 Å². The molecule has 17 heavy (non-hydrogen) atoms. The molecule has 0 aliphatic rings. The van der Waals surface area contributed by atoms with Gasteiger partial charge in [-0.05, 0) is 31.0 Å². The minimum Gasteiger partial charge on any atom is -0.505 e. The van der Waals surface area contributed by atoms with E-state index in [2.05, 4.69) is 4.74 Å². The number of aliphatic hydroxyl groups excluding tert-OH is 1. The molecule has 0 heterocycles. The first-order valence-electron chi connectivity index (χ1n) is 5.37. The van der Waals surface area contributed by atoms with Crippen molar-refractivity contribution in [2.75, 3.05) is 6.61 Å². The van der Waals surface area contributed by atoms with E-state index in [1.54, 1.807) is 13.8 Å². The Morgan fingerprint density at radius 3 is 2.65 bits per heavy atom. The standard InChI is InChI=1S/C12H15FO4/c1-3-7-5-8(10(14)9(13)6-7)11(15)12(16)17-4-2/h5-6,11,14-15H,3-4H2,1-2H3. The summed E-state index contributed by atoms with van der Waals surface area (Å²) in [6, 6.07) is 2.55. The summed E-state index contributed by atoms with van der Waals surface area (Å²) in [7, 11) is 0. The summed E-state index contributed by atoms with van der Waals surface area (Å²) in [5.41, 5.74) is 0.416.